The van der Waals surface area contributed by atoms with Gasteiger partial charge in [-0.05, 0) is 55.5 Å². The van der Waals surface area contributed by atoms with Gasteiger partial charge in [-0.2, -0.15) is 0 Å². The van der Waals surface area contributed by atoms with E-state index < -0.39 is 0 Å². The van der Waals surface area contributed by atoms with Crippen LogP contribution >= 0.6 is 0 Å². The van der Waals surface area contributed by atoms with Crippen molar-refractivity contribution < 1.29 is 13.9 Å². The minimum Gasteiger partial charge on any atom is -0.363 e. The number of ether oxygens (including phenoxy) is 1. The average Bonchev–Trinajstić information content (AvgIpc) is 2.92. The first-order valence-electron chi connectivity index (χ1n) is 10.5. The molecule has 1 spiro atoms. The van der Waals surface area contributed by atoms with Gasteiger partial charge in [-0.3, -0.25) is 9.69 Å². The van der Waals surface area contributed by atoms with E-state index in [9.17, 15) is 9.18 Å². The molecule has 2 aromatic rings. The summed E-state index contributed by atoms with van der Waals surface area (Å²) < 4.78 is 19.6. The van der Waals surface area contributed by atoms with Gasteiger partial charge in [0.2, 0.25) is 5.91 Å². The SMILES string of the molecule is O=C1CO[C@@]2(CCCN(Cc3cccc(F)c3)CC2)CN1CCc1ccccc1. The Hall–Kier alpha value is -2.24. The van der Waals surface area contributed by atoms with Crippen molar-refractivity contribution in [2.45, 2.75) is 37.8 Å². The maximum absolute atomic E-state index is 13.5. The number of hydrogen-bond donors (Lipinski definition) is 0. The number of benzene rings is 2. The van der Waals surface area contributed by atoms with E-state index in [-0.39, 0.29) is 23.9 Å². The summed E-state index contributed by atoms with van der Waals surface area (Å²) >= 11 is 0. The summed E-state index contributed by atoms with van der Waals surface area (Å²) in [4.78, 5) is 16.8. The molecule has 0 aromatic heterocycles. The van der Waals surface area contributed by atoms with Gasteiger partial charge in [-0.25, -0.2) is 4.39 Å². The Kier molecular flexibility index (Phi) is 6.26. The second-order valence-corrected chi connectivity index (χ2v) is 8.28. The lowest BCUT2D eigenvalue weighted by Crippen LogP contribution is -2.55. The largest absolute Gasteiger partial charge is 0.363 e. The Morgan fingerprint density at radius 3 is 2.66 bits per heavy atom. The molecule has 0 aliphatic carbocycles. The van der Waals surface area contributed by atoms with Crippen LogP contribution in [0.1, 0.15) is 30.4 Å². The van der Waals surface area contributed by atoms with Gasteiger partial charge in [0.15, 0.2) is 0 Å². The number of hydrogen-bond acceptors (Lipinski definition) is 3. The van der Waals surface area contributed by atoms with Crippen molar-refractivity contribution in [3.8, 4) is 0 Å². The van der Waals surface area contributed by atoms with E-state index in [0.29, 0.717) is 6.54 Å². The number of likely N-dealkylation sites (tertiary alicyclic amines) is 1. The molecule has 2 saturated heterocycles. The van der Waals surface area contributed by atoms with Gasteiger partial charge in [0, 0.05) is 26.2 Å². The highest BCUT2D eigenvalue weighted by Gasteiger charge is 2.40. The molecule has 2 aliphatic rings. The van der Waals surface area contributed by atoms with Gasteiger partial charge in [0.25, 0.3) is 0 Å². The van der Waals surface area contributed by atoms with Crippen LogP contribution in [0.25, 0.3) is 0 Å². The zero-order chi connectivity index (χ0) is 20.1. The second kappa shape index (κ2) is 9.06. The van der Waals surface area contributed by atoms with Crippen LogP contribution in [0, 0.1) is 5.82 Å². The smallest absolute Gasteiger partial charge is 0.248 e. The van der Waals surface area contributed by atoms with Gasteiger partial charge in [0.1, 0.15) is 12.4 Å². The topological polar surface area (TPSA) is 32.8 Å². The van der Waals surface area contributed by atoms with Crippen LogP contribution in [0.2, 0.25) is 0 Å². The monoisotopic (exact) mass is 396 g/mol. The maximum atomic E-state index is 13.5. The molecule has 4 nitrogen and oxygen atoms in total. The Balaban J connectivity index is 1.35. The summed E-state index contributed by atoms with van der Waals surface area (Å²) in [7, 11) is 0. The molecule has 1 atom stereocenters. The molecule has 2 aliphatic heterocycles. The summed E-state index contributed by atoms with van der Waals surface area (Å²) in [5.41, 5.74) is 2.01. The lowest BCUT2D eigenvalue weighted by Gasteiger charge is -2.42. The van der Waals surface area contributed by atoms with Crippen molar-refractivity contribution in [1.29, 1.82) is 0 Å². The highest BCUT2D eigenvalue weighted by molar-refractivity contribution is 5.78. The Morgan fingerprint density at radius 2 is 1.83 bits per heavy atom. The molecule has 0 saturated carbocycles. The molecule has 2 fully saturated rings. The number of amides is 1. The number of nitrogens with zero attached hydrogens (tertiary/aromatic N) is 2. The highest BCUT2D eigenvalue weighted by Crippen LogP contribution is 2.31. The standard InChI is InChI=1S/C24H29FN2O2/c25-22-9-4-8-21(16-22)17-26-13-5-11-24(12-15-26)19-27(23(28)18-29-24)14-10-20-6-2-1-3-7-20/h1-4,6-9,16H,5,10-15,17-19H2/t24-/m1/s1. The van der Waals surface area contributed by atoms with Crippen LogP contribution in [0.5, 0.6) is 0 Å². The third-order valence-corrected chi connectivity index (χ3v) is 6.13. The van der Waals surface area contributed by atoms with E-state index in [4.69, 9.17) is 4.74 Å². The van der Waals surface area contributed by atoms with Crippen molar-refractivity contribution in [2.75, 3.05) is 32.8 Å². The zero-order valence-corrected chi connectivity index (χ0v) is 16.9. The fourth-order valence-electron chi connectivity index (χ4n) is 4.48. The van der Waals surface area contributed by atoms with E-state index in [1.165, 1.54) is 11.6 Å². The Morgan fingerprint density at radius 1 is 1.00 bits per heavy atom. The number of carbonyl (C=O) groups is 1. The molecular formula is C24H29FN2O2. The first-order valence-corrected chi connectivity index (χ1v) is 10.5. The quantitative estimate of drug-likeness (QED) is 0.773. The van der Waals surface area contributed by atoms with E-state index in [1.54, 1.807) is 12.1 Å². The molecule has 1 amide bonds. The summed E-state index contributed by atoms with van der Waals surface area (Å²) in [6.45, 7) is 4.22. The van der Waals surface area contributed by atoms with Gasteiger partial charge < -0.3 is 9.64 Å². The number of carbonyl (C=O) groups excluding carboxylic acids is 1. The van der Waals surface area contributed by atoms with Crippen molar-refractivity contribution in [3.63, 3.8) is 0 Å². The molecular weight excluding hydrogens is 367 g/mol. The van der Waals surface area contributed by atoms with Gasteiger partial charge in [-0.1, -0.05) is 42.5 Å². The maximum Gasteiger partial charge on any atom is 0.248 e. The van der Waals surface area contributed by atoms with Crippen LogP contribution in [-0.2, 0) is 22.5 Å². The van der Waals surface area contributed by atoms with E-state index in [0.717, 1.165) is 57.4 Å². The third-order valence-electron chi connectivity index (χ3n) is 6.13. The first kappa shape index (κ1) is 20.0. The number of halogens is 1. The van der Waals surface area contributed by atoms with Crippen LogP contribution < -0.4 is 0 Å². The highest BCUT2D eigenvalue weighted by atomic mass is 19.1. The summed E-state index contributed by atoms with van der Waals surface area (Å²) in [5.74, 6) is -0.0932. The summed E-state index contributed by atoms with van der Waals surface area (Å²) in [6.07, 6.45) is 3.75. The fourth-order valence-corrected chi connectivity index (χ4v) is 4.48. The predicted molar refractivity (Wildman–Crippen MR) is 111 cm³/mol. The molecule has 29 heavy (non-hydrogen) atoms. The molecule has 4 rings (SSSR count). The van der Waals surface area contributed by atoms with Crippen LogP contribution in [-0.4, -0.2) is 54.1 Å². The Bertz CT molecular complexity index is 829. The predicted octanol–water partition coefficient (Wildman–Crippen LogP) is 3.65. The van der Waals surface area contributed by atoms with Gasteiger partial charge in [-0.15, -0.1) is 0 Å². The van der Waals surface area contributed by atoms with Crippen molar-refractivity contribution in [3.05, 3.63) is 71.5 Å². The molecule has 0 bridgehead atoms. The summed E-state index contributed by atoms with van der Waals surface area (Å²) in [6, 6.07) is 17.1. The molecule has 0 radical (unpaired) electrons. The first-order chi connectivity index (χ1) is 14.1. The van der Waals surface area contributed by atoms with Crippen LogP contribution in [0.4, 0.5) is 4.39 Å². The third kappa shape index (κ3) is 5.22. The van der Waals surface area contributed by atoms with Crippen LogP contribution in [0.3, 0.4) is 0 Å². The Labute approximate surface area is 172 Å². The minimum atomic E-state index is -0.249. The van der Waals surface area contributed by atoms with Crippen molar-refractivity contribution in [2.24, 2.45) is 0 Å². The molecule has 0 unspecified atom stereocenters. The number of rotatable bonds is 5. The minimum absolute atomic E-state index is 0.0902. The molecule has 0 N–H and O–H groups in total. The van der Waals surface area contributed by atoms with E-state index >= 15 is 0 Å². The van der Waals surface area contributed by atoms with Gasteiger partial charge >= 0.3 is 0 Å². The normalized spacial score (nSPS) is 23.3. The van der Waals surface area contributed by atoms with E-state index in [1.807, 2.05) is 29.2 Å². The molecule has 5 heteroatoms. The van der Waals surface area contributed by atoms with E-state index in [2.05, 4.69) is 17.0 Å². The zero-order valence-electron chi connectivity index (χ0n) is 16.9. The van der Waals surface area contributed by atoms with Crippen LogP contribution in [0.15, 0.2) is 54.6 Å². The molecule has 154 valence electrons. The fraction of sp³-hybridized carbons (Fsp3) is 0.458. The van der Waals surface area contributed by atoms with Gasteiger partial charge in [0.05, 0.1) is 5.60 Å². The lowest BCUT2D eigenvalue weighted by molar-refractivity contribution is -0.165. The molecule has 2 aromatic carbocycles. The lowest BCUT2D eigenvalue weighted by atomic mass is 9.92. The summed E-state index contributed by atoms with van der Waals surface area (Å²) in [5, 5.41) is 0. The second-order valence-electron chi connectivity index (χ2n) is 8.28. The van der Waals surface area contributed by atoms with Crippen molar-refractivity contribution in [1.82, 2.24) is 9.80 Å². The average molecular weight is 397 g/mol. The van der Waals surface area contributed by atoms with Crippen molar-refractivity contribution >= 4 is 5.91 Å². The molecule has 2 heterocycles. The number of morpholine rings is 1.